The van der Waals surface area contributed by atoms with Gasteiger partial charge in [0.1, 0.15) is 11.6 Å². The Kier molecular flexibility index (Phi) is 7.73. The maximum atomic E-state index is 13.3. The molecule has 2 fully saturated rings. The number of hydrogen-bond donors (Lipinski definition) is 0. The van der Waals surface area contributed by atoms with E-state index in [1.807, 2.05) is 16.5 Å². The number of halogens is 1. The predicted molar refractivity (Wildman–Crippen MR) is 126 cm³/mol. The molecule has 10 heteroatoms. The standard InChI is InChI=1S/C23H31FN4O3S2/c1-27-21(13-18-11-12-33(30,31)16-18)25-26-23(27)32-15-22(29)28(20-5-3-2-4-6-20)14-17-7-9-19(24)10-8-17/h7-10,18,20H,2-6,11-16H2,1H3. The van der Waals surface area contributed by atoms with Crippen LogP contribution < -0.4 is 0 Å². The molecule has 180 valence electrons. The number of aromatic nitrogens is 3. The number of sulfone groups is 1. The van der Waals surface area contributed by atoms with E-state index in [-0.39, 0.29) is 40.9 Å². The first-order valence-corrected chi connectivity index (χ1v) is 14.4. The average Bonchev–Trinajstić information content (AvgIpc) is 3.33. The van der Waals surface area contributed by atoms with Gasteiger partial charge in [0.25, 0.3) is 0 Å². The van der Waals surface area contributed by atoms with Crippen LogP contribution in [0.4, 0.5) is 4.39 Å². The van der Waals surface area contributed by atoms with Gasteiger partial charge in [-0.2, -0.15) is 0 Å². The Morgan fingerprint density at radius 3 is 2.55 bits per heavy atom. The third kappa shape index (κ3) is 6.35. The monoisotopic (exact) mass is 494 g/mol. The molecule has 1 unspecified atom stereocenters. The summed E-state index contributed by atoms with van der Waals surface area (Å²) in [5.41, 5.74) is 0.924. The van der Waals surface area contributed by atoms with Crippen molar-refractivity contribution in [3.63, 3.8) is 0 Å². The summed E-state index contributed by atoms with van der Waals surface area (Å²) in [5.74, 6) is 1.30. The number of thioether (sulfide) groups is 1. The van der Waals surface area contributed by atoms with Gasteiger partial charge in [-0.15, -0.1) is 10.2 Å². The maximum absolute atomic E-state index is 13.3. The Morgan fingerprint density at radius 2 is 1.88 bits per heavy atom. The summed E-state index contributed by atoms with van der Waals surface area (Å²) >= 11 is 1.36. The molecule has 1 aromatic carbocycles. The summed E-state index contributed by atoms with van der Waals surface area (Å²) in [6.45, 7) is 0.477. The molecule has 1 amide bonds. The molecule has 0 radical (unpaired) electrons. The zero-order valence-corrected chi connectivity index (χ0v) is 20.6. The molecule has 2 aromatic rings. The third-order valence-corrected chi connectivity index (χ3v) is 9.49. The lowest BCUT2D eigenvalue weighted by Crippen LogP contribution is -2.42. The fraction of sp³-hybridized carbons (Fsp3) is 0.609. The van der Waals surface area contributed by atoms with Gasteiger partial charge >= 0.3 is 0 Å². The van der Waals surface area contributed by atoms with E-state index in [1.54, 1.807) is 12.1 Å². The first kappa shape index (κ1) is 24.2. The van der Waals surface area contributed by atoms with Gasteiger partial charge in [-0.05, 0) is 42.9 Å². The van der Waals surface area contributed by atoms with E-state index < -0.39 is 9.84 Å². The second kappa shape index (κ2) is 10.5. The molecule has 1 atom stereocenters. The third-order valence-electron chi connectivity index (χ3n) is 6.65. The number of rotatable bonds is 8. The van der Waals surface area contributed by atoms with E-state index in [1.165, 1.54) is 30.3 Å². The van der Waals surface area contributed by atoms with Crippen LogP contribution in [0.3, 0.4) is 0 Å². The van der Waals surface area contributed by atoms with E-state index in [9.17, 15) is 17.6 Å². The molecule has 1 aromatic heterocycles. The van der Waals surface area contributed by atoms with Gasteiger partial charge in [-0.3, -0.25) is 4.79 Å². The first-order valence-electron chi connectivity index (χ1n) is 11.6. The van der Waals surface area contributed by atoms with Crippen molar-refractivity contribution < 1.29 is 17.6 Å². The molecule has 4 rings (SSSR count). The van der Waals surface area contributed by atoms with Crippen molar-refractivity contribution in [3.05, 3.63) is 41.5 Å². The van der Waals surface area contributed by atoms with Crippen molar-refractivity contribution in [1.29, 1.82) is 0 Å². The second-order valence-electron chi connectivity index (χ2n) is 9.16. The fourth-order valence-corrected chi connectivity index (χ4v) is 7.43. The van der Waals surface area contributed by atoms with Crippen molar-refractivity contribution in [2.45, 2.75) is 62.7 Å². The van der Waals surface area contributed by atoms with Gasteiger partial charge in [0.05, 0.1) is 17.3 Å². The highest BCUT2D eigenvalue weighted by molar-refractivity contribution is 7.99. The predicted octanol–water partition coefficient (Wildman–Crippen LogP) is 3.39. The van der Waals surface area contributed by atoms with Crippen molar-refractivity contribution in [3.8, 4) is 0 Å². The Morgan fingerprint density at radius 1 is 1.15 bits per heavy atom. The van der Waals surface area contributed by atoms with Crippen LogP contribution in [-0.2, 0) is 34.6 Å². The molecule has 1 saturated heterocycles. The Bertz CT molecular complexity index is 1070. The molecule has 0 bridgehead atoms. The lowest BCUT2D eigenvalue weighted by molar-refractivity contribution is -0.132. The van der Waals surface area contributed by atoms with Crippen LogP contribution in [0.5, 0.6) is 0 Å². The topological polar surface area (TPSA) is 85.2 Å². The molecule has 0 N–H and O–H groups in total. The fourth-order valence-electron chi connectivity index (χ4n) is 4.75. The molecular formula is C23H31FN4O3S2. The molecule has 33 heavy (non-hydrogen) atoms. The first-order chi connectivity index (χ1) is 15.8. The van der Waals surface area contributed by atoms with Crippen LogP contribution >= 0.6 is 11.8 Å². The normalized spacial score (nSPS) is 20.7. The van der Waals surface area contributed by atoms with Crippen LogP contribution in [0.2, 0.25) is 0 Å². The Labute approximate surface area is 199 Å². The van der Waals surface area contributed by atoms with E-state index in [2.05, 4.69) is 10.2 Å². The van der Waals surface area contributed by atoms with E-state index >= 15 is 0 Å². The Hall–Kier alpha value is -1.94. The molecule has 7 nitrogen and oxygen atoms in total. The van der Waals surface area contributed by atoms with Gasteiger partial charge in [0.15, 0.2) is 15.0 Å². The highest BCUT2D eigenvalue weighted by Crippen LogP contribution is 2.27. The summed E-state index contributed by atoms with van der Waals surface area (Å²) in [5, 5.41) is 9.16. The van der Waals surface area contributed by atoms with Crippen LogP contribution in [0.15, 0.2) is 29.4 Å². The van der Waals surface area contributed by atoms with Gasteiger partial charge in [-0.25, -0.2) is 12.8 Å². The summed E-state index contributed by atoms with van der Waals surface area (Å²) in [6, 6.07) is 6.55. The Balaban J connectivity index is 1.39. The summed E-state index contributed by atoms with van der Waals surface area (Å²) in [6.07, 6.45) is 6.68. The lowest BCUT2D eigenvalue weighted by Gasteiger charge is -2.34. The minimum atomic E-state index is -2.93. The number of benzene rings is 1. The van der Waals surface area contributed by atoms with Crippen molar-refractivity contribution >= 4 is 27.5 Å². The van der Waals surface area contributed by atoms with Gasteiger partial charge < -0.3 is 9.47 Å². The van der Waals surface area contributed by atoms with Crippen LogP contribution in [0.1, 0.15) is 49.9 Å². The average molecular weight is 495 g/mol. The lowest BCUT2D eigenvalue weighted by atomic mass is 9.94. The molecule has 2 heterocycles. The minimum absolute atomic E-state index is 0.0441. The molecular weight excluding hydrogens is 463 g/mol. The zero-order valence-electron chi connectivity index (χ0n) is 19.0. The van der Waals surface area contributed by atoms with Gasteiger partial charge in [0.2, 0.25) is 5.91 Å². The van der Waals surface area contributed by atoms with Gasteiger partial charge in [-0.1, -0.05) is 43.2 Å². The summed E-state index contributed by atoms with van der Waals surface area (Å²) in [4.78, 5) is 15.2. The molecule has 2 aliphatic rings. The second-order valence-corrected chi connectivity index (χ2v) is 12.3. The van der Waals surface area contributed by atoms with Crippen LogP contribution in [-0.4, -0.2) is 57.3 Å². The minimum Gasteiger partial charge on any atom is -0.335 e. The molecule has 0 spiro atoms. The highest BCUT2D eigenvalue weighted by Gasteiger charge is 2.30. The highest BCUT2D eigenvalue weighted by atomic mass is 32.2. The smallest absolute Gasteiger partial charge is 0.233 e. The van der Waals surface area contributed by atoms with Crippen molar-refractivity contribution in [1.82, 2.24) is 19.7 Å². The molecule has 1 saturated carbocycles. The van der Waals surface area contributed by atoms with Crippen molar-refractivity contribution in [2.24, 2.45) is 13.0 Å². The van der Waals surface area contributed by atoms with E-state index in [4.69, 9.17) is 0 Å². The zero-order chi connectivity index (χ0) is 23.4. The van der Waals surface area contributed by atoms with Gasteiger partial charge in [0, 0.05) is 26.1 Å². The van der Waals surface area contributed by atoms with E-state index in [0.29, 0.717) is 24.5 Å². The number of nitrogens with zero attached hydrogens (tertiary/aromatic N) is 4. The maximum Gasteiger partial charge on any atom is 0.233 e. The van der Waals surface area contributed by atoms with Crippen LogP contribution in [0, 0.1) is 11.7 Å². The largest absolute Gasteiger partial charge is 0.335 e. The SMILES string of the molecule is Cn1c(CC2CCS(=O)(=O)C2)nnc1SCC(=O)N(Cc1ccc(F)cc1)C1CCCCC1. The quantitative estimate of drug-likeness (QED) is 0.523. The molecule has 1 aliphatic carbocycles. The van der Waals surface area contributed by atoms with E-state index in [0.717, 1.165) is 37.1 Å². The summed E-state index contributed by atoms with van der Waals surface area (Å²) < 4.78 is 38.7. The number of carbonyl (C=O) groups excluding carboxylic acids is 1. The van der Waals surface area contributed by atoms with Crippen molar-refractivity contribution in [2.75, 3.05) is 17.3 Å². The number of hydrogen-bond acceptors (Lipinski definition) is 6. The van der Waals surface area contributed by atoms with Crippen LogP contribution in [0.25, 0.3) is 0 Å². The number of amides is 1. The molecule has 1 aliphatic heterocycles. The number of carbonyl (C=O) groups is 1. The summed E-state index contributed by atoms with van der Waals surface area (Å²) in [7, 11) is -1.06.